The maximum atomic E-state index is 12.9. The van der Waals surface area contributed by atoms with Gasteiger partial charge >= 0.3 is 0 Å². The van der Waals surface area contributed by atoms with Gasteiger partial charge in [-0.25, -0.2) is 8.42 Å². The third-order valence-corrected chi connectivity index (χ3v) is 5.22. The van der Waals surface area contributed by atoms with Crippen LogP contribution in [0.4, 0.5) is 5.69 Å². The number of aromatic amines is 1. The van der Waals surface area contributed by atoms with E-state index in [-0.39, 0.29) is 11.7 Å². The van der Waals surface area contributed by atoms with E-state index in [2.05, 4.69) is 14.7 Å². The largest absolute Gasteiger partial charge is 0.497 e. The molecule has 1 atom stereocenters. The summed E-state index contributed by atoms with van der Waals surface area (Å²) in [5.41, 5.74) is 3.98. The highest BCUT2D eigenvalue weighted by Crippen LogP contribution is 2.26. The van der Waals surface area contributed by atoms with Crippen molar-refractivity contribution in [1.29, 1.82) is 0 Å². The molecule has 0 spiro atoms. The fourth-order valence-corrected chi connectivity index (χ4v) is 3.58. The summed E-state index contributed by atoms with van der Waals surface area (Å²) >= 11 is 0. The van der Waals surface area contributed by atoms with Crippen LogP contribution < -0.4 is 9.46 Å². The van der Waals surface area contributed by atoms with E-state index in [4.69, 9.17) is 4.74 Å². The van der Waals surface area contributed by atoms with Crippen molar-refractivity contribution in [2.24, 2.45) is 0 Å². The second kappa shape index (κ2) is 8.08. The Labute approximate surface area is 170 Å². The smallest absolute Gasteiger partial charge is 0.229 e. The lowest BCUT2D eigenvalue weighted by atomic mass is 10.0. The normalized spacial score (nSPS) is 12.4. The molecule has 29 heavy (non-hydrogen) atoms. The molecule has 152 valence electrons. The molecule has 0 aliphatic carbocycles. The zero-order chi connectivity index (χ0) is 21.2. The number of benzene rings is 1. The second-order valence-corrected chi connectivity index (χ2v) is 8.66. The number of aryl methyl sites for hydroxylation is 1. The number of aromatic nitrogens is 2. The number of carbonyl (C=O) groups is 1. The third-order valence-electron chi connectivity index (χ3n) is 4.61. The number of sulfonamides is 1. The van der Waals surface area contributed by atoms with Crippen LogP contribution >= 0.6 is 0 Å². The van der Waals surface area contributed by atoms with Crippen molar-refractivity contribution in [3.8, 4) is 5.75 Å². The molecule has 8 heteroatoms. The number of pyridine rings is 1. The molecular weight excluding hydrogens is 390 g/mol. The molecule has 7 nitrogen and oxygen atoms in total. The van der Waals surface area contributed by atoms with Gasteiger partial charge in [0.15, 0.2) is 0 Å². The minimum absolute atomic E-state index is 0.0933. The molecule has 3 rings (SSSR count). The summed E-state index contributed by atoms with van der Waals surface area (Å²) in [6.45, 7) is 3.86. The topological polar surface area (TPSA) is 101 Å². The van der Waals surface area contributed by atoms with Gasteiger partial charge in [-0.15, -0.1) is 0 Å². The predicted molar refractivity (Wildman–Crippen MR) is 112 cm³/mol. The molecule has 2 N–H and O–H groups in total. The number of anilines is 1. The minimum Gasteiger partial charge on any atom is -0.497 e. The SMILES string of the molecule is COc1ccc(C(=O)c2[nH]c(C(C)c3ccc(NS(C)(=O)=O)cn3)cc2C)cc1. The second-order valence-electron chi connectivity index (χ2n) is 6.91. The Morgan fingerprint density at radius 3 is 2.41 bits per heavy atom. The van der Waals surface area contributed by atoms with Crippen molar-refractivity contribution in [2.75, 3.05) is 18.1 Å². The molecule has 1 unspecified atom stereocenters. The van der Waals surface area contributed by atoms with E-state index >= 15 is 0 Å². The Hall–Kier alpha value is -3.13. The van der Waals surface area contributed by atoms with Crippen LogP contribution in [0.25, 0.3) is 0 Å². The molecule has 1 aromatic carbocycles. The fraction of sp³-hybridized carbons (Fsp3) is 0.238. The Kier molecular flexibility index (Phi) is 5.74. The number of carbonyl (C=O) groups excluding carboxylic acids is 1. The van der Waals surface area contributed by atoms with Crippen LogP contribution in [-0.2, 0) is 10.0 Å². The van der Waals surface area contributed by atoms with Gasteiger partial charge in [0, 0.05) is 22.9 Å². The summed E-state index contributed by atoms with van der Waals surface area (Å²) in [6, 6.07) is 12.3. The van der Waals surface area contributed by atoms with Crippen molar-refractivity contribution in [3.05, 3.63) is 76.9 Å². The Balaban J connectivity index is 1.82. The zero-order valence-electron chi connectivity index (χ0n) is 16.7. The predicted octanol–water partition coefficient (Wildman–Crippen LogP) is 3.48. The van der Waals surface area contributed by atoms with Crippen LogP contribution in [0.3, 0.4) is 0 Å². The molecule has 0 saturated heterocycles. The van der Waals surface area contributed by atoms with Crippen LogP contribution in [0.2, 0.25) is 0 Å². The molecule has 0 aliphatic heterocycles. The molecule has 0 radical (unpaired) electrons. The van der Waals surface area contributed by atoms with E-state index in [1.807, 2.05) is 19.9 Å². The highest BCUT2D eigenvalue weighted by molar-refractivity contribution is 7.92. The fourth-order valence-electron chi connectivity index (χ4n) is 3.04. The molecule has 0 aliphatic rings. The summed E-state index contributed by atoms with van der Waals surface area (Å²) in [7, 11) is -1.77. The summed E-state index contributed by atoms with van der Waals surface area (Å²) in [5.74, 6) is 0.501. The van der Waals surface area contributed by atoms with Gasteiger partial charge < -0.3 is 9.72 Å². The van der Waals surface area contributed by atoms with Gasteiger partial charge in [0.2, 0.25) is 15.8 Å². The van der Waals surface area contributed by atoms with E-state index in [1.165, 1.54) is 6.20 Å². The first-order valence-electron chi connectivity index (χ1n) is 9.00. The first-order chi connectivity index (χ1) is 13.7. The molecule has 0 fully saturated rings. The van der Waals surface area contributed by atoms with Gasteiger partial charge in [0.05, 0.1) is 30.9 Å². The van der Waals surface area contributed by atoms with Crippen LogP contribution in [0, 0.1) is 6.92 Å². The summed E-state index contributed by atoms with van der Waals surface area (Å²) in [5, 5.41) is 0. The summed E-state index contributed by atoms with van der Waals surface area (Å²) < 4.78 is 30.2. The minimum atomic E-state index is -3.35. The molecule has 2 aromatic heterocycles. The number of ether oxygens (including phenoxy) is 1. The number of H-pyrrole nitrogens is 1. The highest BCUT2D eigenvalue weighted by Gasteiger charge is 2.19. The van der Waals surface area contributed by atoms with Crippen molar-refractivity contribution in [3.63, 3.8) is 0 Å². The Morgan fingerprint density at radius 1 is 1.17 bits per heavy atom. The van der Waals surface area contributed by atoms with Gasteiger partial charge in [-0.1, -0.05) is 6.92 Å². The van der Waals surface area contributed by atoms with Gasteiger partial charge in [0.25, 0.3) is 0 Å². The average Bonchev–Trinajstić information content (AvgIpc) is 3.08. The lowest BCUT2D eigenvalue weighted by Gasteiger charge is -2.10. The third kappa shape index (κ3) is 4.83. The van der Waals surface area contributed by atoms with Gasteiger partial charge in [-0.05, 0) is 55.0 Å². The number of hydrogen-bond donors (Lipinski definition) is 2. The van der Waals surface area contributed by atoms with E-state index in [0.29, 0.717) is 22.7 Å². The van der Waals surface area contributed by atoms with Crippen molar-refractivity contribution in [2.45, 2.75) is 19.8 Å². The molecule has 3 aromatic rings. The number of nitrogens with one attached hydrogen (secondary N) is 2. The van der Waals surface area contributed by atoms with Gasteiger partial charge in [0.1, 0.15) is 5.75 Å². The monoisotopic (exact) mass is 413 g/mol. The average molecular weight is 413 g/mol. The maximum absolute atomic E-state index is 12.9. The first kappa shape index (κ1) is 20.6. The van der Waals surface area contributed by atoms with Gasteiger partial charge in [-0.3, -0.25) is 14.5 Å². The lowest BCUT2D eigenvalue weighted by Crippen LogP contribution is -2.10. The number of methoxy groups -OCH3 is 1. The highest BCUT2D eigenvalue weighted by atomic mass is 32.2. The van der Waals surface area contributed by atoms with Crippen molar-refractivity contribution >= 4 is 21.5 Å². The maximum Gasteiger partial charge on any atom is 0.229 e. The van der Waals surface area contributed by atoms with Gasteiger partial charge in [-0.2, -0.15) is 0 Å². The van der Waals surface area contributed by atoms with E-state index in [0.717, 1.165) is 23.2 Å². The van der Waals surface area contributed by atoms with Crippen LogP contribution in [0.15, 0.2) is 48.7 Å². The van der Waals surface area contributed by atoms with Crippen molar-refractivity contribution < 1.29 is 17.9 Å². The van der Waals surface area contributed by atoms with Crippen molar-refractivity contribution in [1.82, 2.24) is 9.97 Å². The number of hydrogen-bond acceptors (Lipinski definition) is 5. The van der Waals surface area contributed by atoms with Crippen LogP contribution in [-0.4, -0.2) is 37.5 Å². The lowest BCUT2D eigenvalue weighted by molar-refractivity contribution is 0.103. The molecular formula is C21H23N3O4S. The summed E-state index contributed by atoms with van der Waals surface area (Å²) in [4.78, 5) is 20.4. The first-order valence-corrected chi connectivity index (χ1v) is 10.9. The van der Waals surface area contributed by atoms with E-state index in [1.54, 1.807) is 43.5 Å². The Bertz CT molecular complexity index is 1120. The standard InChI is InChI=1S/C21H23N3O4S/c1-13-11-19(14(2)18-10-7-16(12-22-18)24-29(4,26)27)23-20(13)21(25)15-5-8-17(28-3)9-6-15/h5-12,14,23-24H,1-4H3. The number of rotatable bonds is 7. The van der Waals surface area contributed by atoms with E-state index in [9.17, 15) is 13.2 Å². The van der Waals surface area contributed by atoms with E-state index < -0.39 is 10.0 Å². The Morgan fingerprint density at radius 2 is 1.86 bits per heavy atom. The number of ketones is 1. The number of nitrogens with zero attached hydrogens (tertiary/aromatic N) is 1. The van der Waals surface area contributed by atoms with Crippen LogP contribution in [0.5, 0.6) is 5.75 Å². The molecule has 0 saturated carbocycles. The zero-order valence-corrected chi connectivity index (χ0v) is 17.5. The molecule has 2 heterocycles. The summed E-state index contributed by atoms with van der Waals surface area (Å²) in [6.07, 6.45) is 2.57. The quantitative estimate of drug-likeness (QED) is 0.578. The molecule has 0 amide bonds. The molecule has 0 bridgehead atoms. The van der Waals surface area contributed by atoms with Crippen LogP contribution in [0.1, 0.15) is 45.8 Å².